The number of hydrogen-bond donors (Lipinski definition) is 0. The lowest BCUT2D eigenvalue weighted by Gasteiger charge is -2.31. The van der Waals surface area contributed by atoms with Crippen LogP contribution in [0, 0.1) is 0 Å². The smallest absolute Gasteiger partial charge is 0.126 e. The summed E-state index contributed by atoms with van der Waals surface area (Å²) in [5, 5.41) is 0. The van der Waals surface area contributed by atoms with E-state index in [2.05, 4.69) is 90.1 Å². The highest BCUT2D eigenvalue weighted by Gasteiger charge is 2.29. The van der Waals surface area contributed by atoms with Crippen LogP contribution in [0.5, 0.6) is 5.75 Å². The van der Waals surface area contributed by atoms with Crippen molar-refractivity contribution in [2.75, 3.05) is 7.11 Å². The Bertz CT molecular complexity index is 778. The number of fused-ring (bicyclic) bond motifs is 1. The fourth-order valence-electron chi connectivity index (χ4n) is 3.70. The minimum atomic E-state index is 0.0309. The highest BCUT2D eigenvalue weighted by Crippen LogP contribution is 2.44. The zero-order valence-corrected chi connectivity index (χ0v) is 16.6. The van der Waals surface area contributed by atoms with Crippen molar-refractivity contribution in [2.45, 2.75) is 58.3 Å². The molecule has 25 heavy (non-hydrogen) atoms. The maximum atomic E-state index is 5.90. The molecule has 0 bridgehead atoms. The van der Waals surface area contributed by atoms with E-state index in [1.165, 1.54) is 27.8 Å². The number of hydrogen-bond acceptors (Lipinski definition) is 1. The van der Waals surface area contributed by atoms with Crippen LogP contribution in [0.1, 0.15) is 75.3 Å². The van der Waals surface area contributed by atoms with Crippen molar-refractivity contribution in [3.63, 3.8) is 0 Å². The fourth-order valence-corrected chi connectivity index (χ4v) is 3.70. The molecule has 0 spiro atoms. The summed E-state index contributed by atoms with van der Waals surface area (Å²) in [6.45, 7) is 13.6. The summed E-state index contributed by atoms with van der Waals surface area (Å²) in [7, 11) is 1.80. The molecule has 1 aliphatic carbocycles. The van der Waals surface area contributed by atoms with Crippen LogP contribution in [0.3, 0.4) is 0 Å². The Morgan fingerprint density at radius 3 is 1.92 bits per heavy atom. The highest BCUT2D eigenvalue weighted by molar-refractivity contribution is 5.66. The van der Waals surface area contributed by atoms with Crippen molar-refractivity contribution in [2.24, 2.45) is 0 Å². The van der Waals surface area contributed by atoms with E-state index < -0.39 is 0 Å². The zero-order valence-electron chi connectivity index (χ0n) is 16.6. The second-order valence-corrected chi connectivity index (χ2v) is 9.11. The lowest BCUT2D eigenvalue weighted by atomic mass is 9.76. The summed E-state index contributed by atoms with van der Waals surface area (Å²) >= 11 is 0. The van der Waals surface area contributed by atoms with Crippen molar-refractivity contribution < 1.29 is 4.74 Å². The molecule has 0 aliphatic heterocycles. The van der Waals surface area contributed by atoms with Crippen LogP contribution >= 0.6 is 0 Å². The van der Waals surface area contributed by atoms with E-state index in [0.717, 1.165) is 5.75 Å². The Hall–Kier alpha value is -2.02. The molecular formula is C24H30O. The average Bonchev–Trinajstić information content (AvgIpc) is 2.96. The molecule has 1 atom stereocenters. The third-order valence-electron chi connectivity index (χ3n) is 5.09. The minimum Gasteiger partial charge on any atom is -0.496 e. The molecule has 0 heterocycles. The first kappa shape index (κ1) is 17.8. The lowest BCUT2D eigenvalue weighted by Crippen LogP contribution is -2.20. The normalized spacial score (nSPS) is 16.8. The zero-order chi connectivity index (χ0) is 18.4. The van der Waals surface area contributed by atoms with Crippen LogP contribution in [-0.2, 0) is 10.8 Å². The Labute approximate surface area is 152 Å². The summed E-state index contributed by atoms with van der Waals surface area (Å²) in [4.78, 5) is 0. The monoisotopic (exact) mass is 334 g/mol. The van der Waals surface area contributed by atoms with Crippen LogP contribution < -0.4 is 4.74 Å². The van der Waals surface area contributed by atoms with Gasteiger partial charge < -0.3 is 4.74 Å². The van der Waals surface area contributed by atoms with Crippen molar-refractivity contribution >= 4 is 6.08 Å². The summed E-state index contributed by atoms with van der Waals surface area (Å²) in [6.07, 6.45) is 4.57. The van der Waals surface area contributed by atoms with Crippen LogP contribution in [0.25, 0.3) is 6.08 Å². The summed E-state index contributed by atoms with van der Waals surface area (Å²) in [5.41, 5.74) is 6.72. The van der Waals surface area contributed by atoms with Crippen LogP contribution in [0.15, 0.2) is 42.5 Å². The van der Waals surface area contributed by atoms with Gasteiger partial charge in [0.15, 0.2) is 0 Å². The first-order chi connectivity index (χ1) is 11.6. The molecule has 0 aromatic heterocycles. The first-order valence-electron chi connectivity index (χ1n) is 9.13. The molecule has 2 aromatic rings. The quantitative estimate of drug-likeness (QED) is 0.613. The fraction of sp³-hybridized carbons (Fsp3) is 0.417. The van der Waals surface area contributed by atoms with E-state index in [0.29, 0.717) is 5.92 Å². The Morgan fingerprint density at radius 2 is 1.40 bits per heavy atom. The largest absolute Gasteiger partial charge is 0.496 e. The van der Waals surface area contributed by atoms with Gasteiger partial charge in [-0.1, -0.05) is 90.1 Å². The van der Waals surface area contributed by atoms with Gasteiger partial charge in [0.05, 0.1) is 7.11 Å². The maximum Gasteiger partial charge on any atom is 0.126 e. The van der Waals surface area contributed by atoms with Gasteiger partial charge in [-0.25, -0.2) is 0 Å². The van der Waals surface area contributed by atoms with Crippen molar-refractivity contribution in [3.05, 3.63) is 70.3 Å². The molecule has 0 N–H and O–H groups in total. The second-order valence-electron chi connectivity index (χ2n) is 9.11. The number of ether oxygens (including phenoxy) is 1. The molecule has 0 saturated heterocycles. The average molecular weight is 335 g/mol. The summed E-state index contributed by atoms with van der Waals surface area (Å²) in [6, 6.07) is 13.4. The SMILES string of the molecule is COc1c(C(C)(C)C)cc(C2C=Cc3ccccc32)cc1C(C)(C)C. The molecule has 3 rings (SSSR count). The Morgan fingerprint density at radius 1 is 0.840 bits per heavy atom. The second kappa shape index (κ2) is 6.05. The molecular weight excluding hydrogens is 304 g/mol. The van der Waals surface area contributed by atoms with Gasteiger partial charge in [0.2, 0.25) is 0 Å². The van der Waals surface area contributed by atoms with Gasteiger partial charge in [0, 0.05) is 17.0 Å². The van der Waals surface area contributed by atoms with Crippen LogP contribution in [0.2, 0.25) is 0 Å². The predicted octanol–water partition coefficient (Wildman–Crippen LogP) is 6.45. The van der Waals surface area contributed by atoms with Gasteiger partial charge in [-0.05, 0) is 27.5 Å². The predicted molar refractivity (Wildman–Crippen MR) is 108 cm³/mol. The molecule has 2 aromatic carbocycles. The molecule has 132 valence electrons. The van der Waals surface area contributed by atoms with E-state index in [1.54, 1.807) is 7.11 Å². The van der Waals surface area contributed by atoms with Crippen LogP contribution in [0.4, 0.5) is 0 Å². The molecule has 1 aliphatic rings. The lowest BCUT2D eigenvalue weighted by molar-refractivity contribution is 0.381. The molecule has 1 heteroatoms. The third-order valence-corrected chi connectivity index (χ3v) is 5.09. The summed E-state index contributed by atoms with van der Waals surface area (Å²) in [5.74, 6) is 1.36. The molecule has 0 radical (unpaired) electrons. The van der Waals surface area contributed by atoms with E-state index in [1.807, 2.05) is 0 Å². The van der Waals surface area contributed by atoms with Crippen molar-refractivity contribution in [1.29, 1.82) is 0 Å². The van der Waals surface area contributed by atoms with Crippen molar-refractivity contribution in [1.82, 2.24) is 0 Å². The highest BCUT2D eigenvalue weighted by atomic mass is 16.5. The first-order valence-corrected chi connectivity index (χ1v) is 9.13. The standard InChI is InChI=1S/C24H30O/c1-23(2,3)20-14-17(15-21(22(20)25-7)24(4,5)6)19-13-12-16-10-8-9-11-18(16)19/h8-15,19H,1-7H3. The van der Waals surface area contributed by atoms with Gasteiger partial charge in [-0.2, -0.15) is 0 Å². The van der Waals surface area contributed by atoms with Gasteiger partial charge in [0.25, 0.3) is 0 Å². The van der Waals surface area contributed by atoms with Gasteiger partial charge in [0.1, 0.15) is 5.75 Å². The van der Waals surface area contributed by atoms with Crippen molar-refractivity contribution in [3.8, 4) is 5.75 Å². The van der Waals surface area contributed by atoms with Crippen LogP contribution in [-0.4, -0.2) is 7.11 Å². The number of methoxy groups -OCH3 is 1. The molecule has 1 unspecified atom stereocenters. The maximum absolute atomic E-state index is 5.90. The molecule has 0 amide bonds. The van der Waals surface area contributed by atoms with Gasteiger partial charge >= 0.3 is 0 Å². The topological polar surface area (TPSA) is 9.23 Å². The van der Waals surface area contributed by atoms with Gasteiger partial charge in [-0.15, -0.1) is 0 Å². The molecule has 0 saturated carbocycles. The minimum absolute atomic E-state index is 0.0309. The van der Waals surface area contributed by atoms with E-state index in [9.17, 15) is 0 Å². The third kappa shape index (κ3) is 3.25. The van der Waals surface area contributed by atoms with E-state index in [4.69, 9.17) is 4.74 Å². The Kier molecular flexibility index (Phi) is 4.31. The number of allylic oxidation sites excluding steroid dienone is 1. The molecule has 0 fully saturated rings. The van der Waals surface area contributed by atoms with E-state index >= 15 is 0 Å². The number of rotatable bonds is 2. The van der Waals surface area contributed by atoms with Gasteiger partial charge in [-0.3, -0.25) is 0 Å². The number of benzene rings is 2. The molecule has 1 nitrogen and oxygen atoms in total. The summed E-state index contributed by atoms with van der Waals surface area (Å²) < 4.78 is 5.90. The van der Waals surface area contributed by atoms with E-state index in [-0.39, 0.29) is 10.8 Å². The Balaban J connectivity index is 2.24.